The molecule has 1 aromatic heterocycles. The SMILES string of the molecule is CCOC(=O)C(C)(CCSc1ncccc1Cl)NC(C)C. The van der Waals surface area contributed by atoms with Gasteiger partial charge in [0.25, 0.3) is 0 Å². The normalized spacial score (nSPS) is 14.0. The van der Waals surface area contributed by atoms with Gasteiger partial charge in [0.05, 0.1) is 11.6 Å². The second-order valence-electron chi connectivity index (χ2n) is 5.24. The summed E-state index contributed by atoms with van der Waals surface area (Å²) >= 11 is 7.63. The number of halogens is 1. The molecule has 0 aromatic carbocycles. The molecule has 0 aliphatic heterocycles. The lowest BCUT2D eigenvalue weighted by Gasteiger charge is -2.30. The van der Waals surface area contributed by atoms with Gasteiger partial charge in [-0.1, -0.05) is 11.6 Å². The van der Waals surface area contributed by atoms with Crippen LogP contribution in [0.3, 0.4) is 0 Å². The van der Waals surface area contributed by atoms with Gasteiger partial charge < -0.3 is 4.74 Å². The fourth-order valence-electron chi connectivity index (χ4n) is 1.99. The Kier molecular flexibility index (Phi) is 7.49. The van der Waals surface area contributed by atoms with Gasteiger partial charge in [0.2, 0.25) is 0 Å². The van der Waals surface area contributed by atoms with Gasteiger partial charge in [-0.05, 0) is 46.2 Å². The first-order valence-corrected chi connectivity index (χ1v) is 8.43. The van der Waals surface area contributed by atoms with E-state index in [9.17, 15) is 4.79 Å². The van der Waals surface area contributed by atoms with E-state index in [0.717, 1.165) is 10.8 Å². The molecule has 118 valence electrons. The summed E-state index contributed by atoms with van der Waals surface area (Å²) in [6.07, 6.45) is 2.35. The third-order valence-corrected chi connectivity index (χ3v) is 4.32. The van der Waals surface area contributed by atoms with Crippen LogP contribution in [0, 0.1) is 0 Å². The average molecular weight is 331 g/mol. The van der Waals surface area contributed by atoms with Gasteiger partial charge in [-0.3, -0.25) is 10.1 Å². The van der Waals surface area contributed by atoms with E-state index in [1.54, 1.807) is 24.0 Å². The van der Waals surface area contributed by atoms with Crippen molar-refractivity contribution in [2.45, 2.75) is 50.7 Å². The van der Waals surface area contributed by atoms with E-state index in [-0.39, 0.29) is 12.0 Å². The largest absolute Gasteiger partial charge is 0.465 e. The van der Waals surface area contributed by atoms with Crippen LogP contribution in [0.25, 0.3) is 0 Å². The lowest BCUT2D eigenvalue weighted by molar-refractivity contribution is -0.150. The van der Waals surface area contributed by atoms with Gasteiger partial charge in [0, 0.05) is 18.0 Å². The molecule has 1 rings (SSSR count). The van der Waals surface area contributed by atoms with E-state index in [2.05, 4.69) is 10.3 Å². The van der Waals surface area contributed by atoms with Gasteiger partial charge in [0.15, 0.2) is 0 Å². The van der Waals surface area contributed by atoms with Crippen molar-refractivity contribution >= 4 is 29.3 Å². The van der Waals surface area contributed by atoms with Crippen molar-refractivity contribution in [1.82, 2.24) is 10.3 Å². The smallest absolute Gasteiger partial charge is 0.326 e. The average Bonchev–Trinajstić information content (AvgIpc) is 2.40. The van der Waals surface area contributed by atoms with Crippen LogP contribution in [-0.4, -0.2) is 34.9 Å². The van der Waals surface area contributed by atoms with Crippen LogP contribution < -0.4 is 5.32 Å². The van der Waals surface area contributed by atoms with Gasteiger partial charge in [-0.15, -0.1) is 11.8 Å². The number of esters is 1. The number of nitrogens with one attached hydrogen (secondary N) is 1. The minimum atomic E-state index is -0.696. The Hall–Kier alpha value is -0.780. The minimum Gasteiger partial charge on any atom is -0.465 e. The fraction of sp³-hybridized carbons (Fsp3) is 0.600. The van der Waals surface area contributed by atoms with Crippen molar-refractivity contribution in [2.75, 3.05) is 12.4 Å². The molecule has 4 nitrogen and oxygen atoms in total. The molecule has 0 fully saturated rings. The molecule has 0 aliphatic carbocycles. The molecule has 0 saturated carbocycles. The molecule has 0 aliphatic rings. The van der Waals surface area contributed by atoms with E-state index in [4.69, 9.17) is 16.3 Å². The summed E-state index contributed by atoms with van der Waals surface area (Å²) < 4.78 is 5.18. The predicted octanol–water partition coefficient (Wildman–Crippen LogP) is 3.54. The first-order chi connectivity index (χ1) is 9.89. The summed E-state index contributed by atoms with van der Waals surface area (Å²) in [6.45, 7) is 8.11. The van der Waals surface area contributed by atoms with Crippen LogP contribution >= 0.6 is 23.4 Å². The Labute approximate surface area is 136 Å². The Bertz CT molecular complexity index is 471. The monoisotopic (exact) mass is 330 g/mol. The van der Waals surface area contributed by atoms with Crippen LogP contribution in [0.4, 0.5) is 0 Å². The van der Waals surface area contributed by atoms with Gasteiger partial charge in [-0.25, -0.2) is 4.98 Å². The molecule has 0 saturated heterocycles. The molecule has 1 unspecified atom stereocenters. The highest BCUT2D eigenvalue weighted by Gasteiger charge is 2.34. The molecule has 21 heavy (non-hydrogen) atoms. The topological polar surface area (TPSA) is 51.2 Å². The number of ether oxygens (including phenoxy) is 1. The number of aromatic nitrogens is 1. The quantitative estimate of drug-likeness (QED) is 0.583. The number of rotatable bonds is 8. The van der Waals surface area contributed by atoms with Crippen LogP contribution in [-0.2, 0) is 9.53 Å². The lowest BCUT2D eigenvalue weighted by Crippen LogP contribution is -2.53. The molecule has 1 heterocycles. The van der Waals surface area contributed by atoms with E-state index >= 15 is 0 Å². The number of nitrogens with zero attached hydrogens (tertiary/aromatic N) is 1. The maximum atomic E-state index is 12.2. The summed E-state index contributed by atoms with van der Waals surface area (Å²) in [6, 6.07) is 3.81. The number of carbonyl (C=O) groups is 1. The maximum Gasteiger partial charge on any atom is 0.326 e. The van der Waals surface area contributed by atoms with E-state index in [1.807, 2.05) is 33.8 Å². The van der Waals surface area contributed by atoms with Crippen molar-refractivity contribution in [3.05, 3.63) is 23.4 Å². The minimum absolute atomic E-state index is 0.197. The third-order valence-electron chi connectivity index (χ3n) is 2.90. The Morgan fingerprint density at radius 2 is 2.29 bits per heavy atom. The second-order valence-corrected chi connectivity index (χ2v) is 6.73. The van der Waals surface area contributed by atoms with Crippen molar-refractivity contribution in [1.29, 1.82) is 0 Å². The van der Waals surface area contributed by atoms with Crippen LogP contribution in [0.1, 0.15) is 34.1 Å². The molecule has 1 atom stereocenters. The molecule has 0 bridgehead atoms. The Morgan fingerprint density at radius 3 is 2.86 bits per heavy atom. The summed E-state index contributed by atoms with van der Waals surface area (Å²) in [7, 11) is 0. The Morgan fingerprint density at radius 1 is 1.57 bits per heavy atom. The molecule has 1 aromatic rings. The zero-order valence-electron chi connectivity index (χ0n) is 13.0. The summed E-state index contributed by atoms with van der Waals surface area (Å²) in [4.78, 5) is 16.4. The van der Waals surface area contributed by atoms with Gasteiger partial charge in [-0.2, -0.15) is 0 Å². The first-order valence-electron chi connectivity index (χ1n) is 7.07. The first kappa shape index (κ1) is 18.3. The van der Waals surface area contributed by atoms with Crippen LogP contribution in [0.2, 0.25) is 5.02 Å². The highest BCUT2D eigenvalue weighted by Crippen LogP contribution is 2.27. The number of hydrogen-bond acceptors (Lipinski definition) is 5. The molecular formula is C15H23ClN2O2S. The molecule has 6 heteroatoms. The maximum absolute atomic E-state index is 12.2. The third kappa shape index (κ3) is 5.85. The van der Waals surface area contributed by atoms with Gasteiger partial charge in [0.1, 0.15) is 10.6 Å². The van der Waals surface area contributed by atoms with Crippen LogP contribution in [0.15, 0.2) is 23.4 Å². The number of thioether (sulfide) groups is 1. The molecule has 0 amide bonds. The molecule has 1 N–H and O–H groups in total. The highest BCUT2D eigenvalue weighted by molar-refractivity contribution is 7.99. The van der Waals surface area contributed by atoms with E-state index < -0.39 is 5.54 Å². The summed E-state index contributed by atoms with van der Waals surface area (Å²) in [5.74, 6) is 0.512. The number of hydrogen-bond donors (Lipinski definition) is 1. The van der Waals surface area contributed by atoms with Gasteiger partial charge >= 0.3 is 5.97 Å². The summed E-state index contributed by atoms with van der Waals surface area (Å²) in [5.41, 5.74) is -0.696. The van der Waals surface area contributed by atoms with Crippen molar-refractivity contribution in [2.24, 2.45) is 0 Å². The molecular weight excluding hydrogens is 308 g/mol. The number of carbonyl (C=O) groups excluding carboxylic acids is 1. The zero-order valence-corrected chi connectivity index (χ0v) is 14.6. The highest BCUT2D eigenvalue weighted by atomic mass is 35.5. The van der Waals surface area contributed by atoms with E-state index in [0.29, 0.717) is 18.1 Å². The predicted molar refractivity (Wildman–Crippen MR) is 87.9 cm³/mol. The zero-order chi connectivity index (χ0) is 15.9. The van der Waals surface area contributed by atoms with Crippen molar-refractivity contribution in [3.63, 3.8) is 0 Å². The Balaban J connectivity index is 2.65. The standard InChI is InChI=1S/C15H23ClN2O2S/c1-5-20-14(19)15(4,18-11(2)3)8-10-21-13-12(16)7-6-9-17-13/h6-7,9,11,18H,5,8,10H2,1-4H3. The lowest BCUT2D eigenvalue weighted by atomic mass is 9.98. The van der Waals surface area contributed by atoms with Crippen LogP contribution in [0.5, 0.6) is 0 Å². The van der Waals surface area contributed by atoms with Crippen molar-refractivity contribution < 1.29 is 9.53 Å². The molecule has 0 radical (unpaired) electrons. The second kappa shape index (κ2) is 8.61. The van der Waals surface area contributed by atoms with Crippen molar-refractivity contribution in [3.8, 4) is 0 Å². The number of pyridine rings is 1. The fourth-order valence-corrected chi connectivity index (χ4v) is 3.32. The molecule has 0 spiro atoms. The summed E-state index contributed by atoms with van der Waals surface area (Å²) in [5, 5.41) is 4.72. The van der Waals surface area contributed by atoms with E-state index in [1.165, 1.54) is 0 Å².